The summed E-state index contributed by atoms with van der Waals surface area (Å²) in [5.41, 5.74) is 1.32. The Hall–Kier alpha value is -1.84. The fraction of sp³-hybridized carbons (Fsp3) is 0.529. The topological polar surface area (TPSA) is 58.2 Å². The number of amides is 2. The van der Waals surface area contributed by atoms with Gasteiger partial charge in [0.25, 0.3) is 0 Å². The molecule has 1 aromatic carbocycles. The van der Waals surface area contributed by atoms with E-state index in [1.165, 1.54) is 6.92 Å². The fourth-order valence-corrected chi connectivity index (χ4v) is 2.42. The number of ketones is 1. The summed E-state index contributed by atoms with van der Waals surface area (Å²) >= 11 is 0. The molecule has 0 fully saturated rings. The van der Waals surface area contributed by atoms with Crippen LogP contribution in [0, 0.1) is 17.8 Å². The zero-order chi connectivity index (χ0) is 16.0. The summed E-state index contributed by atoms with van der Waals surface area (Å²) in [5, 5.41) is 5.69. The predicted octanol–water partition coefficient (Wildman–Crippen LogP) is 3.94. The van der Waals surface area contributed by atoms with Crippen molar-refractivity contribution in [1.82, 2.24) is 5.32 Å². The van der Waals surface area contributed by atoms with Crippen molar-refractivity contribution in [2.45, 2.75) is 34.6 Å². The monoisotopic (exact) mass is 290 g/mol. The van der Waals surface area contributed by atoms with E-state index in [2.05, 4.69) is 38.3 Å². The number of anilines is 1. The highest BCUT2D eigenvalue weighted by atomic mass is 16.2. The van der Waals surface area contributed by atoms with Crippen LogP contribution in [0.5, 0.6) is 0 Å². The maximum absolute atomic E-state index is 11.9. The number of carbonyl (C=O) groups is 2. The Labute approximate surface area is 127 Å². The molecule has 0 saturated heterocycles. The van der Waals surface area contributed by atoms with Gasteiger partial charge in [0.05, 0.1) is 0 Å². The molecule has 0 atom stereocenters. The number of benzene rings is 1. The lowest BCUT2D eigenvalue weighted by Gasteiger charge is -2.25. The summed E-state index contributed by atoms with van der Waals surface area (Å²) in [5.74, 6) is 1.53. The summed E-state index contributed by atoms with van der Waals surface area (Å²) in [7, 11) is 0. The minimum Gasteiger partial charge on any atom is -0.338 e. The largest absolute Gasteiger partial charge is 0.338 e. The van der Waals surface area contributed by atoms with Crippen molar-refractivity contribution in [2.75, 3.05) is 11.9 Å². The molecule has 0 aromatic heterocycles. The second-order valence-corrected chi connectivity index (χ2v) is 6.12. The summed E-state index contributed by atoms with van der Waals surface area (Å²) in [4.78, 5) is 23.1. The van der Waals surface area contributed by atoms with Crippen LogP contribution in [0.4, 0.5) is 10.5 Å². The van der Waals surface area contributed by atoms with Gasteiger partial charge >= 0.3 is 6.03 Å². The number of hydrogen-bond acceptors (Lipinski definition) is 2. The fourth-order valence-electron chi connectivity index (χ4n) is 2.42. The third kappa shape index (κ3) is 5.58. The standard InChI is InChI=1S/C17H26N2O2/c1-11(2)16(12(3)4)10-18-17(21)19-15-8-6-14(7-9-15)13(5)20/h6-9,11-12,16H,10H2,1-5H3,(H2,18,19,21). The molecule has 0 radical (unpaired) electrons. The summed E-state index contributed by atoms with van der Waals surface area (Å²) in [6.07, 6.45) is 0. The first-order valence-corrected chi connectivity index (χ1v) is 7.47. The van der Waals surface area contributed by atoms with Gasteiger partial charge in [-0.2, -0.15) is 0 Å². The first-order chi connectivity index (χ1) is 9.81. The Bertz CT molecular complexity index is 470. The lowest BCUT2D eigenvalue weighted by Crippen LogP contribution is -2.36. The number of rotatable bonds is 6. The Morgan fingerprint density at radius 1 is 1.00 bits per heavy atom. The molecule has 1 aromatic rings. The van der Waals surface area contributed by atoms with Gasteiger partial charge in [-0.05, 0) is 48.9 Å². The molecule has 1 rings (SSSR count). The van der Waals surface area contributed by atoms with Gasteiger partial charge in [0.2, 0.25) is 0 Å². The highest BCUT2D eigenvalue weighted by Crippen LogP contribution is 2.19. The molecule has 0 aliphatic carbocycles. The van der Waals surface area contributed by atoms with Gasteiger partial charge in [-0.1, -0.05) is 27.7 Å². The molecule has 0 aliphatic heterocycles. The molecule has 2 amide bonds. The normalized spacial score (nSPS) is 11.0. The van der Waals surface area contributed by atoms with E-state index in [0.29, 0.717) is 35.5 Å². The van der Waals surface area contributed by atoms with E-state index in [1.807, 2.05) is 0 Å². The zero-order valence-corrected chi connectivity index (χ0v) is 13.6. The molecule has 0 unspecified atom stereocenters. The van der Waals surface area contributed by atoms with Crippen molar-refractivity contribution in [3.8, 4) is 0 Å². The molecular weight excluding hydrogens is 264 g/mol. The first-order valence-electron chi connectivity index (χ1n) is 7.47. The van der Waals surface area contributed by atoms with Gasteiger partial charge in [0.1, 0.15) is 0 Å². The van der Waals surface area contributed by atoms with Crippen LogP contribution >= 0.6 is 0 Å². The minimum absolute atomic E-state index is 0.0164. The molecular formula is C17H26N2O2. The molecule has 2 N–H and O–H groups in total. The lowest BCUT2D eigenvalue weighted by molar-refractivity contribution is 0.101. The van der Waals surface area contributed by atoms with Crippen molar-refractivity contribution in [2.24, 2.45) is 17.8 Å². The Morgan fingerprint density at radius 3 is 1.95 bits per heavy atom. The number of hydrogen-bond donors (Lipinski definition) is 2. The molecule has 0 bridgehead atoms. The molecule has 0 heterocycles. The zero-order valence-electron chi connectivity index (χ0n) is 13.6. The maximum atomic E-state index is 11.9. The van der Waals surface area contributed by atoms with Crippen molar-refractivity contribution in [3.63, 3.8) is 0 Å². The van der Waals surface area contributed by atoms with E-state index in [-0.39, 0.29) is 11.8 Å². The lowest BCUT2D eigenvalue weighted by atomic mass is 9.85. The van der Waals surface area contributed by atoms with E-state index in [1.54, 1.807) is 24.3 Å². The predicted molar refractivity (Wildman–Crippen MR) is 86.6 cm³/mol. The Morgan fingerprint density at radius 2 is 1.52 bits per heavy atom. The summed E-state index contributed by atoms with van der Waals surface area (Å²) in [6, 6.07) is 6.68. The smallest absolute Gasteiger partial charge is 0.319 e. The van der Waals surface area contributed by atoms with Crippen molar-refractivity contribution in [1.29, 1.82) is 0 Å². The van der Waals surface area contributed by atoms with Gasteiger partial charge in [0.15, 0.2) is 5.78 Å². The minimum atomic E-state index is -0.211. The highest BCUT2D eigenvalue weighted by molar-refractivity contribution is 5.95. The second kappa shape index (κ2) is 7.81. The average molecular weight is 290 g/mol. The third-order valence-corrected chi connectivity index (χ3v) is 3.76. The van der Waals surface area contributed by atoms with Crippen LogP contribution in [0.15, 0.2) is 24.3 Å². The first kappa shape index (κ1) is 17.2. The van der Waals surface area contributed by atoms with Gasteiger partial charge in [-0.15, -0.1) is 0 Å². The van der Waals surface area contributed by atoms with Crippen LogP contribution in [0.2, 0.25) is 0 Å². The van der Waals surface area contributed by atoms with Gasteiger partial charge < -0.3 is 10.6 Å². The Balaban J connectivity index is 2.51. The van der Waals surface area contributed by atoms with Crippen LogP contribution in [-0.4, -0.2) is 18.4 Å². The van der Waals surface area contributed by atoms with Crippen molar-refractivity contribution in [3.05, 3.63) is 29.8 Å². The summed E-state index contributed by atoms with van der Waals surface area (Å²) < 4.78 is 0. The van der Waals surface area contributed by atoms with Crippen molar-refractivity contribution < 1.29 is 9.59 Å². The van der Waals surface area contributed by atoms with E-state index < -0.39 is 0 Å². The van der Waals surface area contributed by atoms with Gasteiger partial charge in [-0.25, -0.2) is 4.79 Å². The van der Waals surface area contributed by atoms with E-state index in [9.17, 15) is 9.59 Å². The molecule has 0 spiro atoms. The molecule has 4 heteroatoms. The summed E-state index contributed by atoms with van der Waals surface area (Å²) in [6.45, 7) is 10.9. The van der Waals surface area contributed by atoms with Gasteiger partial charge in [-0.3, -0.25) is 4.79 Å². The molecule has 0 aliphatic rings. The number of nitrogens with one attached hydrogen (secondary N) is 2. The van der Waals surface area contributed by atoms with Crippen LogP contribution in [0.25, 0.3) is 0 Å². The van der Waals surface area contributed by atoms with Crippen LogP contribution in [-0.2, 0) is 0 Å². The Kier molecular flexibility index (Phi) is 6.40. The quantitative estimate of drug-likeness (QED) is 0.780. The van der Waals surface area contributed by atoms with Crippen molar-refractivity contribution >= 4 is 17.5 Å². The SMILES string of the molecule is CC(=O)c1ccc(NC(=O)NCC(C(C)C)C(C)C)cc1. The molecule has 21 heavy (non-hydrogen) atoms. The van der Waals surface area contributed by atoms with Crippen LogP contribution in [0.3, 0.4) is 0 Å². The number of carbonyl (C=O) groups excluding carboxylic acids is 2. The highest BCUT2D eigenvalue weighted by Gasteiger charge is 2.18. The number of urea groups is 1. The van der Waals surface area contributed by atoms with E-state index in [4.69, 9.17) is 0 Å². The van der Waals surface area contributed by atoms with Crippen LogP contribution < -0.4 is 10.6 Å². The second-order valence-electron chi connectivity index (χ2n) is 6.12. The maximum Gasteiger partial charge on any atom is 0.319 e. The van der Waals surface area contributed by atoms with E-state index >= 15 is 0 Å². The van der Waals surface area contributed by atoms with Gasteiger partial charge in [0, 0.05) is 17.8 Å². The van der Waals surface area contributed by atoms with E-state index in [0.717, 1.165) is 0 Å². The molecule has 116 valence electrons. The number of Topliss-reactive ketones (excluding diaryl/α,β-unsaturated/α-hetero) is 1. The molecule has 4 nitrogen and oxygen atoms in total. The van der Waals surface area contributed by atoms with Crippen LogP contribution in [0.1, 0.15) is 45.0 Å². The average Bonchev–Trinajstić information content (AvgIpc) is 2.38. The molecule has 0 saturated carbocycles. The third-order valence-electron chi connectivity index (χ3n) is 3.76.